The number of halogens is 1. The predicted molar refractivity (Wildman–Crippen MR) is 79.7 cm³/mol. The maximum Gasteiger partial charge on any atom is 0.304 e. The van der Waals surface area contributed by atoms with Crippen molar-refractivity contribution in [2.24, 2.45) is 11.7 Å². The van der Waals surface area contributed by atoms with Crippen molar-refractivity contribution in [2.75, 3.05) is 30.5 Å². The van der Waals surface area contributed by atoms with Crippen molar-refractivity contribution in [1.29, 1.82) is 0 Å². The van der Waals surface area contributed by atoms with Crippen molar-refractivity contribution < 1.29 is 12.8 Å². The molecule has 2 aliphatic rings. The number of nitrogens with zero attached hydrogens (tertiary/aromatic N) is 2. The van der Waals surface area contributed by atoms with Crippen LogP contribution in [-0.2, 0) is 16.6 Å². The number of rotatable bonds is 3. The first-order valence-corrected chi connectivity index (χ1v) is 8.68. The Hall–Kier alpha value is -1.18. The van der Waals surface area contributed by atoms with Crippen LogP contribution in [-0.4, -0.2) is 38.9 Å². The van der Waals surface area contributed by atoms with E-state index in [4.69, 9.17) is 5.73 Å². The van der Waals surface area contributed by atoms with Crippen LogP contribution < -0.4 is 10.0 Å². The van der Waals surface area contributed by atoms with E-state index in [-0.39, 0.29) is 5.92 Å². The summed E-state index contributed by atoms with van der Waals surface area (Å²) < 4.78 is 41.9. The van der Waals surface area contributed by atoms with Crippen LogP contribution in [0.3, 0.4) is 0 Å². The molecular weight excluding hydrogens is 293 g/mol. The minimum atomic E-state index is -3.59. The molecule has 0 spiro atoms. The fraction of sp³-hybridized carbons (Fsp3) is 0.571. The summed E-state index contributed by atoms with van der Waals surface area (Å²) >= 11 is 0. The van der Waals surface area contributed by atoms with E-state index in [1.165, 1.54) is 20.7 Å². The van der Waals surface area contributed by atoms with Gasteiger partial charge in [0.1, 0.15) is 5.82 Å². The maximum absolute atomic E-state index is 13.4. The quantitative estimate of drug-likeness (QED) is 0.909. The molecule has 1 unspecified atom stereocenters. The third kappa shape index (κ3) is 2.65. The highest BCUT2D eigenvalue weighted by atomic mass is 32.2. The summed E-state index contributed by atoms with van der Waals surface area (Å²) in [4.78, 5) is 0. The zero-order chi connectivity index (χ0) is 15.0. The molecule has 0 aromatic heterocycles. The van der Waals surface area contributed by atoms with Gasteiger partial charge in [-0.25, -0.2) is 4.39 Å². The van der Waals surface area contributed by atoms with Crippen molar-refractivity contribution in [3.63, 3.8) is 0 Å². The van der Waals surface area contributed by atoms with Crippen molar-refractivity contribution in [3.8, 4) is 0 Å². The van der Waals surface area contributed by atoms with Gasteiger partial charge in [-0.15, -0.1) is 0 Å². The third-order valence-corrected chi connectivity index (χ3v) is 6.24. The Balaban J connectivity index is 1.89. The Morgan fingerprint density at radius 1 is 1.33 bits per heavy atom. The molecule has 0 bridgehead atoms. The van der Waals surface area contributed by atoms with Crippen LogP contribution in [0, 0.1) is 11.7 Å². The minimum absolute atomic E-state index is 0.211. The van der Waals surface area contributed by atoms with Gasteiger partial charge in [0.15, 0.2) is 0 Å². The lowest BCUT2D eigenvalue weighted by atomic mass is 10.0. The lowest BCUT2D eigenvalue weighted by molar-refractivity contribution is 0.271. The second kappa shape index (κ2) is 5.55. The van der Waals surface area contributed by atoms with Crippen LogP contribution in [0.15, 0.2) is 18.2 Å². The van der Waals surface area contributed by atoms with E-state index in [1.54, 1.807) is 6.07 Å². The summed E-state index contributed by atoms with van der Waals surface area (Å²) in [7, 11) is -3.59. The summed E-state index contributed by atoms with van der Waals surface area (Å²) in [6.07, 6.45) is 2.42. The molecule has 2 N–H and O–H groups in total. The second-order valence-electron chi connectivity index (χ2n) is 5.70. The Labute approximate surface area is 124 Å². The van der Waals surface area contributed by atoms with Crippen molar-refractivity contribution in [3.05, 3.63) is 29.6 Å². The predicted octanol–water partition coefficient (Wildman–Crippen LogP) is 1.10. The Morgan fingerprint density at radius 2 is 2.14 bits per heavy atom. The molecule has 5 nitrogen and oxygen atoms in total. The molecule has 1 fully saturated rings. The van der Waals surface area contributed by atoms with E-state index in [1.807, 2.05) is 0 Å². The number of piperidine rings is 1. The highest BCUT2D eigenvalue weighted by molar-refractivity contribution is 7.90. The van der Waals surface area contributed by atoms with Crippen LogP contribution in [0.2, 0.25) is 0 Å². The van der Waals surface area contributed by atoms with Gasteiger partial charge in [-0.05, 0) is 49.4 Å². The van der Waals surface area contributed by atoms with Crippen LogP contribution in [0.25, 0.3) is 0 Å². The normalized spacial score (nSPS) is 23.3. The highest BCUT2D eigenvalue weighted by Gasteiger charge is 2.36. The minimum Gasteiger partial charge on any atom is -0.330 e. The smallest absolute Gasteiger partial charge is 0.304 e. The van der Waals surface area contributed by atoms with Crippen molar-refractivity contribution in [2.45, 2.75) is 19.3 Å². The first-order chi connectivity index (χ1) is 10.0. The molecule has 2 aliphatic heterocycles. The molecule has 1 atom stereocenters. The zero-order valence-electron chi connectivity index (χ0n) is 11.8. The van der Waals surface area contributed by atoms with E-state index >= 15 is 0 Å². The molecule has 0 radical (unpaired) electrons. The van der Waals surface area contributed by atoms with Crippen LogP contribution in [0.4, 0.5) is 10.1 Å². The van der Waals surface area contributed by atoms with Gasteiger partial charge in [-0.1, -0.05) is 6.07 Å². The molecule has 1 aromatic rings. The van der Waals surface area contributed by atoms with Gasteiger partial charge in [0.25, 0.3) is 0 Å². The number of benzene rings is 1. The largest absolute Gasteiger partial charge is 0.330 e. The molecule has 21 heavy (non-hydrogen) atoms. The zero-order valence-corrected chi connectivity index (χ0v) is 12.7. The summed E-state index contributed by atoms with van der Waals surface area (Å²) in [6.45, 7) is 1.85. The summed E-state index contributed by atoms with van der Waals surface area (Å²) in [5.74, 6) is -0.197. The number of anilines is 1. The SMILES string of the molecule is NCC1CCCN(S(=O)(=O)N2CCc3ccc(F)cc32)C1. The van der Waals surface area contributed by atoms with Gasteiger partial charge >= 0.3 is 10.2 Å². The third-order valence-electron chi connectivity index (χ3n) is 4.32. The Kier molecular flexibility index (Phi) is 3.90. The van der Waals surface area contributed by atoms with Crippen molar-refractivity contribution in [1.82, 2.24) is 4.31 Å². The number of hydrogen-bond donors (Lipinski definition) is 1. The van der Waals surface area contributed by atoms with E-state index in [0.29, 0.717) is 38.3 Å². The molecule has 2 heterocycles. The maximum atomic E-state index is 13.4. The summed E-state index contributed by atoms with van der Waals surface area (Å²) in [5, 5.41) is 0. The number of hydrogen-bond acceptors (Lipinski definition) is 3. The summed E-state index contributed by atoms with van der Waals surface area (Å²) in [5.41, 5.74) is 7.03. The van der Waals surface area contributed by atoms with Crippen molar-refractivity contribution >= 4 is 15.9 Å². The molecular formula is C14H20FN3O2S. The molecule has 7 heteroatoms. The highest BCUT2D eigenvalue weighted by Crippen LogP contribution is 2.33. The molecule has 116 valence electrons. The summed E-state index contributed by atoms with van der Waals surface area (Å²) in [6, 6.07) is 4.35. The fourth-order valence-electron chi connectivity index (χ4n) is 3.13. The van der Waals surface area contributed by atoms with Gasteiger partial charge in [0, 0.05) is 19.6 Å². The van der Waals surface area contributed by atoms with Crippen LogP contribution >= 0.6 is 0 Å². The van der Waals surface area contributed by atoms with E-state index < -0.39 is 16.0 Å². The Bertz CT molecular complexity index is 635. The Morgan fingerprint density at radius 3 is 2.90 bits per heavy atom. The molecule has 0 saturated carbocycles. The van der Waals surface area contributed by atoms with Crippen LogP contribution in [0.5, 0.6) is 0 Å². The number of nitrogens with two attached hydrogens (primary N) is 1. The molecule has 0 aliphatic carbocycles. The van der Waals surface area contributed by atoms with Gasteiger partial charge < -0.3 is 5.73 Å². The monoisotopic (exact) mass is 313 g/mol. The van der Waals surface area contributed by atoms with Gasteiger partial charge in [0.2, 0.25) is 0 Å². The van der Waals surface area contributed by atoms with Gasteiger partial charge in [0.05, 0.1) is 5.69 Å². The molecule has 1 saturated heterocycles. The molecule has 0 amide bonds. The van der Waals surface area contributed by atoms with Gasteiger partial charge in [-0.2, -0.15) is 12.7 Å². The fourth-order valence-corrected chi connectivity index (χ4v) is 4.91. The lowest BCUT2D eigenvalue weighted by Crippen LogP contribution is -2.48. The topological polar surface area (TPSA) is 66.6 Å². The standard InChI is InChI=1S/C14H20FN3O2S/c15-13-4-3-12-5-7-18(14(12)8-13)21(19,20)17-6-1-2-11(9-16)10-17/h3-4,8,11H,1-2,5-7,9-10,16H2. The average molecular weight is 313 g/mol. The average Bonchev–Trinajstić information content (AvgIpc) is 2.91. The van der Waals surface area contributed by atoms with E-state index in [9.17, 15) is 12.8 Å². The second-order valence-corrected chi connectivity index (χ2v) is 7.56. The molecule has 1 aromatic carbocycles. The van der Waals surface area contributed by atoms with Gasteiger partial charge in [-0.3, -0.25) is 4.31 Å². The van der Waals surface area contributed by atoms with Crippen LogP contribution in [0.1, 0.15) is 18.4 Å². The van der Waals surface area contributed by atoms with E-state index in [2.05, 4.69) is 0 Å². The first-order valence-electron chi connectivity index (χ1n) is 7.28. The lowest BCUT2D eigenvalue weighted by Gasteiger charge is -2.34. The number of fused-ring (bicyclic) bond motifs is 1. The molecule has 3 rings (SSSR count). The van der Waals surface area contributed by atoms with E-state index in [0.717, 1.165) is 18.4 Å². The first kappa shape index (κ1) is 14.7.